The van der Waals surface area contributed by atoms with Gasteiger partial charge in [0.25, 0.3) is 0 Å². The molecule has 19 heteroatoms. The van der Waals surface area contributed by atoms with E-state index in [1.165, 1.54) is 83.5 Å². The third kappa shape index (κ3) is 43.7. The molecule has 0 aromatic rings. The predicted molar refractivity (Wildman–Crippen MR) is 251 cm³/mol. The van der Waals surface area contributed by atoms with Crippen LogP contribution in [0, 0.1) is 0 Å². The molecule has 1 heterocycles. The van der Waals surface area contributed by atoms with Crippen LogP contribution >= 0.6 is 0 Å². The fraction of sp³-hybridized carbons (Fsp3) is 1.00. The molecule has 0 amide bonds. The van der Waals surface area contributed by atoms with E-state index in [9.17, 15) is 20.4 Å². The minimum atomic E-state index is -1.48. The van der Waals surface area contributed by atoms with Crippen LogP contribution in [0.15, 0.2) is 0 Å². The average Bonchev–Trinajstić information content (AvgIpc) is 3.34. The summed E-state index contributed by atoms with van der Waals surface area (Å²) in [5, 5.41) is 38.7. The maximum atomic E-state index is 9.94. The molecule has 1 aliphatic heterocycles. The van der Waals surface area contributed by atoms with Crippen molar-refractivity contribution in [1.29, 1.82) is 0 Å². The van der Waals surface area contributed by atoms with Gasteiger partial charge in [0.05, 0.1) is 178 Å². The molecule has 1 aliphatic rings. The van der Waals surface area contributed by atoms with Crippen molar-refractivity contribution in [3.63, 3.8) is 0 Å². The molecule has 4 N–H and O–H groups in total. The highest BCUT2D eigenvalue weighted by atomic mass is 16.7. The van der Waals surface area contributed by atoms with Gasteiger partial charge in [-0.05, 0) is 6.42 Å². The second-order valence-corrected chi connectivity index (χ2v) is 16.1. The highest BCUT2D eigenvalue weighted by molar-refractivity contribution is 4.88. The molecule has 0 spiro atoms. The highest BCUT2D eigenvalue weighted by Crippen LogP contribution is 2.22. The van der Waals surface area contributed by atoms with E-state index < -0.39 is 37.3 Å². The fourth-order valence-electron chi connectivity index (χ4n) is 6.57. The summed E-state index contributed by atoms with van der Waals surface area (Å²) in [7, 11) is 0. The molecular formula is C48H96O19. The molecule has 1 rings (SSSR count). The van der Waals surface area contributed by atoms with Crippen molar-refractivity contribution >= 4 is 0 Å². The van der Waals surface area contributed by atoms with E-state index in [1.807, 2.05) is 0 Å². The first-order chi connectivity index (χ1) is 33.1. The maximum absolute atomic E-state index is 9.94. The lowest BCUT2D eigenvalue weighted by atomic mass is 9.99. The molecule has 1 saturated heterocycles. The van der Waals surface area contributed by atoms with Gasteiger partial charge in [-0.3, -0.25) is 0 Å². The molecule has 0 radical (unpaired) electrons. The normalized spacial score (nSPS) is 18.7. The Balaban J connectivity index is 1.62. The number of aliphatic hydroxyl groups excluding tert-OH is 4. The van der Waals surface area contributed by atoms with Gasteiger partial charge in [-0.25, -0.2) is 0 Å². The Labute approximate surface area is 403 Å². The average molecular weight is 977 g/mol. The summed E-state index contributed by atoms with van der Waals surface area (Å²) in [6, 6.07) is 0. The summed E-state index contributed by atoms with van der Waals surface area (Å²) in [5.74, 6) is 0. The summed E-state index contributed by atoms with van der Waals surface area (Å²) >= 11 is 0. The molecule has 0 aromatic carbocycles. The zero-order valence-corrected chi connectivity index (χ0v) is 41.5. The van der Waals surface area contributed by atoms with Crippen LogP contribution in [0.1, 0.15) is 96.8 Å². The van der Waals surface area contributed by atoms with E-state index >= 15 is 0 Å². The molecule has 1 fully saturated rings. The standard InChI is InChI=1S/C48H96O19/c1-2-3-4-5-6-7-8-9-10-11-12-13-14-15-16-53-17-18-54-19-20-55-21-22-56-23-24-57-25-26-58-27-28-59-29-30-60-31-32-61-33-34-62-35-36-63-37-38-64-39-40-65-41-42-66-48-47(52)46(51)45(50)44(43-49)67-48/h44-52H,2-43H2,1H3/t44-,45+,46+,47-,48-/m1/s1. The number of ether oxygens (including phenoxy) is 15. The summed E-state index contributed by atoms with van der Waals surface area (Å²) in [6.45, 7) is 14.5. The first-order valence-corrected chi connectivity index (χ1v) is 25.5. The monoisotopic (exact) mass is 977 g/mol. The van der Waals surface area contributed by atoms with E-state index in [0.29, 0.717) is 159 Å². The van der Waals surface area contributed by atoms with E-state index in [-0.39, 0.29) is 13.2 Å². The summed E-state index contributed by atoms with van der Waals surface area (Å²) in [4.78, 5) is 0. The van der Waals surface area contributed by atoms with E-state index in [1.54, 1.807) is 0 Å². The van der Waals surface area contributed by atoms with E-state index in [4.69, 9.17) is 71.1 Å². The minimum Gasteiger partial charge on any atom is -0.394 e. The summed E-state index contributed by atoms with van der Waals surface area (Å²) in [5.41, 5.74) is 0. The third-order valence-corrected chi connectivity index (χ3v) is 10.5. The van der Waals surface area contributed by atoms with Crippen LogP contribution in [-0.2, 0) is 71.1 Å². The Morgan fingerprint density at radius 3 is 0.791 bits per heavy atom. The number of aliphatic hydroxyl groups is 4. The zero-order valence-electron chi connectivity index (χ0n) is 41.5. The van der Waals surface area contributed by atoms with Crippen molar-refractivity contribution in [3.8, 4) is 0 Å². The van der Waals surface area contributed by atoms with Crippen molar-refractivity contribution in [2.45, 2.75) is 128 Å². The Morgan fingerprint density at radius 1 is 0.284 bits per heavy atom. The zero-order chi connectivity index (χ0) is 48.2. The van der Waals surface area contributed by atoms with Gasteiger partial charge in [0.2, 0.25) is 0 Å². The number of unbranched alkanes of at least 4 members (excludes halogenated alkanes) is 13. The first-order valence-electron chi connectivity index (χ1n) is 25.5. The molecular weight excluding hydrogens is 881 g/mol. The number of rotatable bonds is 56. The lowest BCUT2D eigenvalue weighted by molar-refractivity contribution is -0.302. The molecule has 0 aliphatic carbocycles. The smallest absolute Gasteiger partial charge is 0.186 e. The number of hydrogen-bond donors (Lipinski definition) is 4. The molecule has 19 nitrogen and oxygen atoms in total. The number of hydrogen-bond acceptors (Lipinski definition) is 19. The van der Waals surface area contributed by atoms with Crippen LogP contribution in [0.2, 0.25) is 0 Å². The maximum Gasteiger partial charge on any atom is 0.186 e. The Hall–Kier alpha value is -0.760. The van der Waals surface area contributed by atoms with Gasteiger partial charge in [0.15, 0.2) is 6.29 Å². The van der Waals surface area contributed by atoms with Gasteiger partial charge < -0.3 is 91.5 Å². The molecule has 0 bridgehead atoms. The van der Waals surface area contributed by atoms with Gasteiger partial charge >= 0.3 is 0 Å². The van der Waals surface area contributed by atoms with Gasteiger partial charge in [0, 0.05) is 6.61 Å². The lowest BCUT2D eigenvalue weighted by Crippen LogP contribution is -2.59. The van der Waals surface area contributed by atoms with E-state index in [2.05, 4.69) is 6.92 Å². The second-order valence-electron chi connectivity index (χ2n) is 16.1. The van der Waals surface area contributed by atoms with Gasteiger partial charge in [-0.15, -0.1) is 0 Å². The summed E-state index contributed by atoms with van der Waals surface area (Å²) < 4.78 is 82.3. The van der Waals surface area contributed by atoms with Gasteiger partial charge in [-0.1, -0.05) is 90.4 Å². The minimum absolute atomic E-state index is 0.0840. The van der Waals surface area contributed by atoms with Crippen molar-refractivity contribution < 1.29 is 91.5 Å². The molecule has 402 valence electrons. The molecule has 0 unspecified atom stereocenters. The van der Waals surface area contributed by atoms with Crippen LogP contribution < -0.4 is 0 Å². The van der Waals surface area contributed by atoms with Crippen LogP contribution in [0.25, 0.3) is 0 Å². The quantitative estimate of drug-likeness (QED) is 0.0641. The van der Waals surface area contributed by atoms with Crippen molar-refractivity contribution in [1.82, 2.24) is 0 Å². The highest BCUT2D eigenvalue weighted by Gasteiger charge is 2.43. The largest absolute Gasteiger partial charge is 0.394 e. The van der Waals surface area contributed by atoms with E-state index in [0.717, 1.165) is 13.0 Å². The van der Waals surface area contributed by atoms with Crippen molar-refractivity contribution in [2.24, 2.45) is 0 Å². The Bertz CT molecular complexity index is 944. The van der Waals surface area contributed by atoms with Crippen LogP contribution in [0.5, 0.6) is 0 Å². The Morgan fingerprint density at radius 2 is 0.522 bits per heavy atom. The third-order valence-electron chi connectivity index (χ3n) is 10.5. The molecule has 67 heavy (non-hydrogen) atoms. The Kier molecular flexibility index (Phi) is 50.9. The van der Waals surface area contributed by atoms with Crippen molar-refractivity contribution in [3.05, 3.63) is 0 Å². The predicted octanol–water partition coefficient (Wildman–Crippen LogP) is 3.50. The SMILES string of the molecule is CCCCCCCCCCCCCCCCOCCOCCOCCOCCOCCOCCOCCOCCOCCOCCOCCOCCOCCO[C@@H]1O[C@H](CO)[C@H](O)[C@H](O)[C@H]1O. The van der Waals surface area contributed by atoms with Gasteiger partial charge in [-0.2, -0.15) is 0 Å². The second kappa shape index (κ2) is 53.0. The summed E-state index contributed by atoms with van der Waals surface area (Å²) in [6.07, 6.45) is 12.6. The topological polar surface area (TPSA) is 219 Å². The van der Waals surface area contributed by atoms with Crippen LogP contribution in [0.3, 0.4) is 0 Å². The van der Waals surface area contributed by atoms with Gasteiger partial charge in [0.1, 0.15) is 24.4 Å². The van der Waals surface area contributed by atoms with Crippen molar-refractivity contribution in [2.75, 3.05) is 185 Å². The molecule has 0 saturated carbocycles. The first kappa shape index (κ1) is 64.3. The van der Waals surface area contributed by atoms with Crippen LogP contribution in [0.4, 0.5) is 0 Å². The molecule has 5 atom stereocenters. The molecule has 0 aromatic heterocycles. The fourth-order valence-corrected chi connectivity index (χ4v) is 6.57. The van der Waals surface area contributed by atoms with Crippen LogP contribution in [-0.4, -0.2) is 236 Å². The lowest BCUT2D eigenvalue weighted by Gasteiger charge is -2.39.